The lowest BCUT2D eigenvalue weighted by atomic mass is 10.4. The van der Waals surface area contributed by atoms with Crippen molar-refractivity contribution in [1.29, 1.82) is 0 Å². The van der Waals surface area contributed by atoms with Gasteiger partial charge in [0.25, 0.3) is 5.19 Å². The number of aromatic nitrogens is 2. The van der Waals surface area contributed by atoms with Crippen molar-refractivity contribution in [3.63, 3.8) is 0 Å². The van der Waals surface area contributed by atoms with Crippen molar-refractivity contribution in [3.05, 3.63) is 10.4 Å². The van der Waals surface area contributed by atoms with Crippen LogP contribution >= 0.6 is 11.5 Å². The van der Waals surface area contributed by atoms with E-state index in [0.29, 0.717) is 43.9 Å². The molecule has 1 fully saturated rings. The van der Waals surface area contributed by atoms with E-state index in [0.717, 1.165) is 11.5 Å². The van der Waals surface area contributed by atoms with Gasteiger partial charge in [-0.15, -0.1) is 0 Å². The zero-order valence-electron chi connectivity index (χ0n) is 9.01. The van der Waals surface area contributed by atoms with Crippen LogP contribution in [0.1, 0.15) is 6.92 Å². The smallest absolute Gasteiger partial charge is 0.317 e. The predicted octanol–water partition coefficient (Wildman–Crippen LogP) is 0.134. The molecule has 0 radical (unpaired) electrons. The largest absolute Gasteiger partial charge is 0.469 e. The molecule has 0 aromatic carbocycles. The minimum absolute atomic E-state index is 0.324. The van der Waals surface area contributed by atoms with E-state index in [1.807, 2.05) is 11.8 Å². The van der Waals surface area contributed by atoms with E-state index in [1.54, 1.807) is 0 Å². The molecule has 88 valence electrons. The van der Waals surface area contributed by atoms with Crippen LogP contribution in [0.3, 0.4) is 0 Å². The first-order valence-electron chi connectivity index (χ1n) is 5.14. The fraction of sp³-hybridized carbons (Fsp3) is 0.667. The van der Waals surface area contributed by atoms with Crippen molar-refractivity contribution in [2.75, 3.05) is 37.8 Å². The van der Waals surface area contributed by atoms with Gasteiger partial charge in [0.2, 0.25) is 5.82 Å². The van der Waals surface area contributed by atoms with E-state index in [-0.39, 0.29) is 5.56 Å². The second kappa shape index (κ2) is 5.22. The molecule has 0 spiro atoms. The highest BCUT2D eigenvalue weighted by Gasteiger charge is 2.17. The Labute approximate surface area is 97.0 Å². The summed E-state index contributed by atoms with van der Waals surface area (Å²) in [6.45, 7) is 4.95. The van der Waals surface area contributed by atoms with E-state index in [2.05, 4.69) is 9.36 Å². The highest BCUT2D eigenvalue weighted by Crippen LogP contribution is 2.14. The Morgan fingerprint density at radius 1 is 1.50 bits per heavy atom. The molecule has 0 amide bonds. The van der Waals surface area contributed by atoms with Gasteiger partial charge in [-0.2, -0.15) is 9.36 Å². The Balaban J connectivity index is 2.18. The first-order chi connectivity index (χ1) is 7.81. The first kappa shape index (κ1) is 11.3. The van der Waals surface area contributed by atoms with Crippen LogP contribution in [0.4, 0.5) is 5.82 Å². The summed E-state index contributed by atoms with van der Waals surface area (Å²) in [5.41, 5.74) is -0.330. The van der Waals surface area contributed by atoms with Crippen LogP contribution in [0.25, 0.3) is 0 Å². The van der Waals surface area contributed by atoms with E-state index >= 15 is 0 Å². The first-order valence-corrected chi connectivity index (χ1v) is 5.92. The van der Waals surface area contributed by atoms with Gasteiger partial charge in [-0.25, -0.2) is 0 Å². The zero-order valence-corrected chi connectivity index (χ0v) is 9.83. The van der Waals surface area contributed by atoms with Crippen LogP contribution in [0.5, 0.6) is 5.19 Å². The van der Waals surface area contributed by atoms with Crippen molar-refractivity contribution in [2.45, 2.75) is 6.92 Å². The molecule has 2 heterocycles. The standard InChI is InChI=1S/C9H13N3O3S/c1-2-15-9-10-8(13)7(11-16-9)12-3-5-14-6-4-12/h2-6H2,1H3. The molecule has 0 aliphatic carbocycles. The van der Waals surface area contributed by atoms with Gasteiger partial charge in [-0.05, 0) is 6.92 Å². The Morgan fingerprint density at radius 2 is 2.25 bits per heavy atom. The highest BCUT2D eigenvalue weighted by molar-refractivity contribution is 7.07. The van der Waals surface area contributed by atoms with Gasteiger partial charge in [0.05, 0.1) is 19.8 Å². The average Bonchev–Trinajstić information content (AvgIpc) is 2.31. The number of anilines is 1. The van der Waals surface area contributed by atoms with Gasteiger partial charge in [0, 0.05) is 24.6 Å². The molecular formula is C9H13N3O3S. The minimum Gasteiger partial charge on any atom is -0.469 e. The highest BCUT2D eigenvalue weighted by atomic mass is 32.1. The van der Waals surface area contributed by atoms with Crippen LogP contribution in [0.15, 0.2) is 4.79 Å². The molecule has 1 aliphatic rings. The fourth-order valence-electron chi connectivity index (χ4n) is 1.42. The van der Waals surface area contributed by atoms with Crippen molar-refractivity contribution in [3.8, 4) is 5.19 Å². The fourth-order valence-corrected chi connectivity index (χ4v) is 2.08. The quantitative estimate of drug-likeness (QED) is 0.752. The summed E-state index contributed by atoms with van der Waals surface area (Å²) in [6, 6.07) is 0. The van der Waals surface area contributed by atoms with E-state index in [1.165, 1.54) is 0 Å². The zero-order chi connectivity index (χ0) is 11.4. The third kappa shape index (κ3) is 2.48. The van der Waals surface area contributed by atoms with Crippen LogP contribution in [0, 0.1) is 0 Å². The third-order valence-corrected chi connectivity index (χ3v) is 2.80. The number of morpholine rings is 1. The Bertz CT molecular complexity index is 403. The van der Waals surface area contributed by atoms with Crippen LogP contribution < -0.4 is 15.2 Å². The number of hydrogen-bond donors (Lipinski definition) is 0. The molecule has 7 heteroatoms. The molecule has 0 atom stereocenters. The van der Waals surface area contributed by atoms with Gasteiger partial charge in [-0.3, -0.25) is 4.79 Å². The molecule has 0 N–H and O–H groups in total. The topological polar surface area (TPSA) is 64.5 Å². The third-order valence-electron chi connectivity index (χ3n) is 2.17. The molecule has 1 aromatic rings. The predicted molar refractivity (Wildman–Crippen MR) is 60.4 cm³/mol. The molecule has 2 rings (SSSR count). The summed E-state index contributed by atoms with van der Waals surface area (Å²) in [4.78, 5) is 17.4. The van der Waals surface area contributed by atoms with Gasteiger partial charge >= 0.3 is 5.56 Å². The summed E-state index contributed by atoms with van der Waals surface area (Å²) in [7, 11) is 0. The Kier molecular flexibility index (Phi) is 3.68. The monoisotopic (exact) mass is 243 g/mol. The molecule has 0 bridgehead atoms. The second-order valence-corrected chi connectivity index (χ2v) is 3.94. The summed E-state index contributed by atoms with van der Waals surface area (Å²) in [5, 5.41) is 0.324. The summed E-state index contributed by atoms with van der Waals surface area (Å²) >= 11 is 1.11. The molecule has 6 nitrogen and oxygen atoms in total. The van der Waals surface area contributed by atoms with E-state index < -0.39 is 0 Å². The van der Waals surface area contributed by atoms with Gasteiger partial charge in [-0.1, -0.05) is 0 Å². The number of rotatable bonds is 3. The maximum atomic E-state index is 11.7. The minimum atomic E-state index is -0.330. The molecule has 0 saturated carbocycles. The summed E-state index contributed by atoms with van der Waals surface area (Å²) in [5.74, 6) is 0.400. The summed E-state index contributed by atoms with van der Waals surface area (Å²) in [6.07, 6.45) is 0. The van der Waals surface area contributed by atoms with Crippen LogP contribution in [0.2, 0.25) is 0 Å². The second-order valence-electron chi connectivity index (χ2n) is 3.22. The van der Waals surface area contributed by atoms with Crippen LogP contribution in [-0.2, 0) is 4.74 Å². The normalized spacial score (nSPS) is 16.2. The lowest BCUT2D eigenvalue weighted by molar-refractivity contribution is 0.122. The SMILES string of the molecule is CCOc1nc(=O)c(N2CCOCC2)ns1. The molecular weight excluding hydrogens is 230 g/mol. The maximum absolute atomic E-state index is 11.7. The van der Waals surface area contributed by atoms with Gasteiger partial charge < -0.3 is 14.4 Å². The van der Waals surface area contributed by atoms with Crippen molar-refractivity contribution >= 4 is 17.4 Å². The van der Waals surface area contributed by atoms with Crippen molar-refractivity contribution in [2.24, 2.45) is 0 Å². The number of hydrogen-bond acceptors (Lipinski definition) is 7. The van der Waals surface area contributed by atoms with Crippen molar-refractivity contribution in [1.82, 2.24) is 9.36 Å². The van der Waals surface area contributed by atoms with E-state index in [4.69, 9.17) is 9.47 Å². The van der Waals surface area contributed by atoms with Gasteiger partial charge in [0.1, 0.15) is 0 Å². The lowest BCUT2D eigenvalue weighted by Gasteiger charge is -2.26. The maximum Gasteiger partial charge on any atom is 0.317 e. The average molecular weight is 243 g/mol. The Hall–Kier alpha value is -1.21. The lowest BCUT2D eigenvalue weighted by Crippen LogP contribution is -2.39. The Morgan fingerprint density at radius 3 is 2.88 bits per heavy atom. The molecule has 0 unspecified atom stereocenters. The van der Waals surface area contributed by atoms with E-state index in [9.17, 15) is 4.79 Å². The molecule has 1 aliphatic heterocycles. The molecule has 1 saturated heterocycles. The van der Waals surface area contributed by atoms with Crippen LogP contribution in [-0.4, -0.2) is 42.3 Å². The molecule has 16 heavy (non-hydrogen) atoms. The van der Waals surface area contributed by atoms with Crippen molar-refractivity contribution < 1.29 is 9.47 Å². The summed E-state index contributed by atoms with van der Waals surface area (Å²) < 4.78 is 14.5. The molecule has 1 aromatic heterocycles. The number of ether oxygens (including phenoxy) is 2. The number of nitrogens with zero attached hydrogens (tertiary/aromatic N) is 3. The van der Waals surface area contributed by atoms with Gasteiger partial charge in [0.15, 0.2) is 0 Å².